The number of hydrogen-bond acceptors (Lipinski definition) is 4. The van der Waals surface area contributed by atoms with Gasteiger partial charge < -0.3 is 9.64 Å². The maximum Gasteiger partial charge on any atom is 0.226 e. The zero-order chi connectivity index (χ0) is 17.6. The Morgan fingerprint density at radius 3 is 2.96 bits per heavy atom. The predicted octanol–water partition coefficient (Wildman–Crippen LogP) is 2.60. The maximum atomic E-state index is 13.1. The number of hydrogen-bond donors (Lipinski definition) is 0. The van der Waals surface area contributed by atoms with Crippen LogP contribution in [0, 0.1) is 12.8 Å². The summed E-state index contributed by atoms with van der Waals surface area (Å²) in [7, 11) is 3.55. The van der Waals surface area contributed by atoms with Gasteiger partial charge in [0.25, 0.3) is 0 Å². The van der Waals surface area contributed by atoms with E-state index < -0.39 is 0 Å². The summed E-state index contributed by atoms with van der Waals surface area (Å²) in [4.78, 5) is 19.4. The molecule has 6 nitrogen and oxygen atoms in total. The Bertz CT molecular complexity index is 786. The van der Waals surface area contributed by atoms with E-state index in [1.54, 1.807) is 18.0 Å². The fraction of sp³-hybridized carbons (Fsp3) is 0.526. The van der Waals surface area contributed by atoms with Gasteiger partial charge in [0.15, 0.2) is 0 Å². The van der Waals surface area contributed by atoms with Crippen LogP contribution in [0.3, 0.4) is 0 Å². The van der Waals surface area contributed by atoms with Gasteiger partial charge in [-0.1, -0.05) is 6.07 Å². The van der Waals surface area contributed by atoms with E-state index in [-0.39, 0.29) is 17.9 Å². The number of aryl methyl sites for hydroxylation is 2. The number of aromatic nitrogens is 3. The fourth-order valence-corrected chi connectivity index (χ4v) is 4.25. The molecule has 3 heterocycles. The standard InChI is InChI=1S/C19H24N4O2/c1-12-17(19(25-3)22(2)21-12)16-7-5-9-23(16)18(24)15-10-14(15)13-6-4-8-20-11-13/h4,6,8,11,14-16H,5,7,9-10H2,1-3H3/t14-,15+,16-/m0/s1. The molecule has 1 saturated carbocycles. The van der Waals surface area contributed by atoms with Crippen molar-refractivity contribution in [2.24, 2.45) is 13.0 Å². The molecule has 1 saturated heterocycles. The summed E-state index contributed by atoms with van der Waals surface area (Å²) in [5.41, 5.74) is 3.19. The van der Waals surface area contributed by atoms with Gasteiger partial charge in [-0.05, 0) is 43.7 Å². The lowest BCUT2D eigenvalue weighted by Gasteiger charge is -2.25. The van der Waals surface area contributed by atoms with Crippen molar-refractivity contribution < 1.29 is 9.53 Å². The van der Waals surface area contributed by atoms with Crippen LogP contribution in [0.1, 0.15) is 48.0 Å². The molecule has 2 fully saturated rings. The van der Waals surface area contributed by atoms with Crippen LogP contribution in [0.2, 0.25) is 0 Å². The molecule has 6 heteroatoms. The Kier molecular flexibility index (Phi) is 3.98. The monoisotopic (exact) mass is 340 g/mol. The highest BCUT2D eigenvalue weighted by Crippen LogP contribution is 2.50. The van der Waals surface area contributed by atoms with Crippen LogP contribution in [-0.2, 0) is 11.8 Å². The minimum atomic E-state index is 0.0753. The highest BCUT2D eigenvalue weighted by atomic mass is 16.5. The number of likely N-dealkylation sites (tertiary alicyclic amines) is 1. The fourth-order valence-electron chi connectivity index (χ4n) is 4.25. The van der Waals surface area contributed by atoms with Crippen molar-refractivity contribution in [2.45, 2.75) is 38.1 Å². The van der Waals surface area contributed by atoms with Gasteiger partial charge in [0.1, 0.15) is 0 Å². The van der Waals surface area contributed by atoms with Crippen molar-refractivity contribution in [3.05, 3.63) is 41.3 Å². The van der Waals surface area contributed by atoms with Crippen molar-refractivity contribution in [3.63, 3.8) is 0 Å². The lowest BCUT2D eigenvalue weighted by molar-refractivity contribution is -0.133. The molecule has 1 aliphatic carbocycles. The van der Waals surface area contributed by atoms with Crippen molar-refractivity contribution >= 4 is 5.91 Å². The maximum absolute atomic E-state index is 13.1. The lowest BCUT2D eigenvalue weighted by Crippen LogP contribution is -2.32. The van der Waals surface area contributed by atoms with Gasteiger partial charge >= 0.3 is 0 Å². The van der Waals surface area contributed by atoms with E-state index in [4.69, 9.17) is 4.74 Å². The first kappa shape index (κ1) is 16.1. The number of ether oxygens (including phenoxy) is 1. The van der Waals surface area contributed by atoms with Crippen LogP contribution in [0.4, 0.5) is 0 Å². The molecule has 4 rings (SSSR count). The van der Waals surface area contributed by atoms with Crippen molar-refractivity contribution in [2.75, 3.05) is 13.7 Å². The molecule has 0 unspecified atom stereocenters. The third-order valence-corrected chi connectivity index (χ3v) is 5.50. The van der Waals surface area contributed by atoms with Gasteiger partial charge in [-0.2, -0.15) is 5.10 Å². The minimum absolute atomic E-state index is 0.0753. The normalized spacial score (nSPS) is 25.2. The van der Waals surface area contributed by atoms with Crippen LogP contribution in [0.5, 0.6) is 5.88 Å². The third kappa shape index (κ3) is 2.69. The number of amides is 1. The quantitative estimate of drug-likeness (QED) is 0.858. The molecule has 0 aromatic carbocycles. The van der Waals surface area contributed by atoms with Crippen LogP contribution >= 0.6 is 0 Å². The van der Waals surface area contributed by atoms with Gasteiger partial charge in [0.05, 0.1) is 24.4 Å². The summed E-state index contributed by atoms with van der Waals surface area (Å²) in [6.45, 7) is 2.81. The number of nitrogens with zero attached hydrogens (tertiary/aromatic N) is 4. The summed E-state index contributed by atoms with van der Waals surface area (Å²) < 4.78 is 7.32. The zero-order valence-electron chi connectivity index (χ0n) is 15.0. The first-order valence-corrected chi connectivity index (χ1v) is 8.89. The Morgan fingerprint density at radius 1 is 1.40 bits per heavy atom. The van der Waals surface area contributed by atoms with Crippen LogP contribution in [0.25, 0.3) is 0 Å². The summed E-state index contributed by atoms with van der Waals surface area (Å²) >= 11 is 0. The highest BCUT2D eigenvalue weighted by molar-refractivity contribution is 5.83. The summed E-state index contributed by atoms with van der Waals surface area (Å²) in [5.74, 6) is 1.44. The first-order chi connectivity index (χ1) is 12.1. The number of carbonyl (C=O) groups excluding carboxylic acids is 1. The number of methoxy groups -OCH3 is 1. The second kappa shape index (κ2) is 6.17. The van der Waals surface area contributed by atoms with Gasteiger partial charge in [-0.3, -0.25) is 9.78 Å². The Balaban J connectivity index is 1.56. The molecule has 2 aromatic rings. The third-order valence-electron chi connectivity index (χ3n) is 5.50. The van der Waals surface area contributed by atoms with E-state index in [1.807, 2.05) is 31.1 Å². The number of pyridine rings is 1. The average molecular weight is 340 g/mol. The number of rotatable bonds is 4. The highest BCUT2D eigenvalue weighted by Gasteiger charge is 2.48. The lowest BCUT2D eigenvalue weighted by atomic mass is 10.0. The molecular formula is C19H24N4O2. The minimum Gasteiger partial charge on any atom is -0.481 e. The predicted molar refractivity (Wildman–Crippen MR) is 93.3 cm³/mol. The largest absolute Gasteiger partial charge is 0.481 e. The van der Waals surface area contributed by atoms with Crippen LogP contribution < -0.4 is 4.74 Å². The smallest absolute Gasteiger partial charge is 0.226 e. The molecule has 3 atom stereocenters. The second-order valence-electron chi connectivity index (χ2n) is 7.06. The molecule has 25 heavy (non-hydrogen) atoms. The molecule has 1 amide bonds. The Hall–Kier alpha value is -2.37. The van der Waals surface area contributed by atoms with Crippen molar-refractivity contribution in [1.82, 2.24) is 19.7 Å². The van der Waals surface area contributed by atoms with Gasteiger partial charge in [-0.25, -0.2) is 4.68 Å². The molecule has 1 aliphatic heterocycles. The van der Waals surface area contributed by atoms with E-state index in [2.05, 4.69) is 16.1 Å². The molecule has 0 N–H and O–H groups in total. The van der Waals surface area contributed by atoms with Crippen molar-refractivity contribution in [1.29, 1.82) is 0 Å². The molecule has 0 spiro atoms. The molecule has 0 radical (unpaired) electrons. The SMILES string of the molecule is COc1c([C@@H]2CCCN2C(=O)[C@@H]2C[C@H]2c2cccnc2)c(C)nn1C. The molecule has 2 aliphatic rings. The Morgan fingerprint density at radius 2 is 2.24 bits per heavy atom. The van der Waals surface area contributed by atoms with E-state index in [1.165, 1.54) is 5.56 Å². The van der Waals surface area contributed by atoms with E-state index in [0.29, 0.717) is 5.92 Å². The first-order valence-electron chi connectivity index (χ1n) is 8.89. The van der Waals surface area contributed by atoms with Gasteiger partial charge in [0.2, 0.25) is 11.8 Å². The van der Waals surface area contributed by atoms with E-state index in [9.17, 15) is 4.79 Å². The molecule has 132 valence electrons. The van der Waals surface area contributed by atoms with E-state index >= 15 is 0 Å². The van der Waals surface area contributed by atoms with Gasteiger partial charge in [-0.15, -0.1) is 0 Å². The summed E-state index contributed by atoms with van der Waals surface area (Å²) in [6, 6.07) is 4.09. The van der Waals surface area contributed by atoms with Crippen LogP contribution in [-0.4, -0.2) is 39.2 Å². The average Bonchev–Trinajstić information content (AvgIpc) is 3.18. The van der Waals surface area contributed by atoms with Crippen LogP contribution in [0.15, 0.2) is 24.5 Å². The second-order valence-corrected chi connectivity index (χ2v) is 7.06. The molecule has 2 aromatic heterocycles. The summed E-state index contributed by atoms with van der Waals surface area (Å²) in [5, 5.41) is 4.49. The molecular weight excluding hydrogens is 316 g/mol. The molecule has 0 bridgehead atoms. The van der Waals surface area contributed by atoms with E-state index in [0.717, 1.165) is 42.9 Å². The summed E-state index contributed by atoms with van der Waals surface area (Å²) in [6.07, 6.45) is 6.58. The van der Waals surface area contributed by atoms with Gasteiger partial charge in [0, 0.05) is 31.9 Å². The van der Waals surface area contributed by atoms with Crippen molar-refractivity contribution in [3.8, 4) is 5.88 Å². The zero-order valence-corrected chi connectivity index (χ0v) is 15.0. The Labute approximate surface area is 147 Å². The number of carbonyl (C=O) groups is 1. The topological polar surface area (TPSA) is 60.2 Å².